The second-order valence-corrected chi connectivity index (χ2v) is 3.23. The number of aromatic nitrogens is 2. The summed E-state index contributed by atoms with van der Waals surface area (Å²) in [5, 5.41) is 2.75. The van der Waals surface area contributed by atoms with Gasteiger partial charge in [0.25, 0.3) is 5.56 Å². The predicted molar refractivity (Wildman–Crippen MR) is 56.8 cm³/mol. The molecule has 0 aliphatic carbocycles. The summed E-state index contributed by atoms with van der Waals surface area (Å²) in [5.41, 5.74) is 1.20. The molecule has 0 atom stereocenters. The zero-order valence-corrected chi connectivity index (χ0v) is 8.23. The van der Waals surface area contributed by atoms with Crippen LogP contribution in [0.1, 0.15) is 11.7 Å². The fraction of sp³-hybridized carbons (Fsp3) is 0.0909. The molecule has 1 aromatic heterocycles. The number of carbonyl (C=O) groups is 1. The summed E-state index contributed by atoms with van der Waals surface area (Å²) in [4.78, 5) is 22.4. The average Bonchev–Trinajstić information content (AvgIpc) is 2.62. The Labute approximate surface area is 86.1 Å². The number of nitrogens with one attached hydrogen (secondary N) is 1. The molecule has 1 N–H and O–H groups in total. The van der Waals surface area contributed by atoms with Crippen molar-refractivity contribution in [2.75, 3.05) is 0 Å². The van der Waals surface area contributed by atoms with E-state index >= 15 is 0 Å². The summed E-state index contributed by atoms with van der Waals surface area (Å²) < 4.78 is 0.988. The van der Waals surface area contributed by atoms with Gasteiger partial charge in [-0.25, -0.2) is 0 Å². The van der Waals surface area contributed by atoms with E-state index in [0.29, 0.717) is 5.69 Å². The third-order valence-electron chi connectivity index (χ3n) is 2.12. The average molecular weight is 202 g/mol. The van der Waals surface area contributed by atoms with Gasteiger partial charge < -0.3 is 0 Å². The number of hydrogen-bond donors (Lipinski definition) is 1. The van der Waals surface area contributed by atoms with Crippen molar-refractivity contribution < 1.29 is 4.79 Å². The van der Waals surface area contributed by atoms with Crippen molar-refractivity contribution in [3.05, 3.63) is 46.8 Å². The second kappa shape index (κ2) is 3.57. The molecular formula is C11H10N2O2. The minimum absolute atomic E-state index is 0.317. The van der Waals surface area contributed by atoms with E-state index in [1.807, 2.05) is 30.3 Å². The Morgan fingerprint density at radius 2 is 1.93 bits per heavy atom. The molecule has 0 saturated carbocycles. The quantitative estimate of drug-likeness (QED) is 0.761. The molecule has 2 rings (SSSR count). The van der Waals surface area contributed by atoms with E-state index in [2.05, 4.69) is 5.10 Å². The molecule has 1 aromatic carbocycles. The van der Waals surface area contributed by atoms with E-state index in [1.165, 1.54) is 13.0 Å². The van der Waals surface area contributed by atoms with Crippen molar-refractivity contribution >= 4 is 5.91 Å². The van der Waals surface area contributed by atoms with E-state index < -0.39 is 0 Å². The zero-order chi connectivity index (χ0) is 10.8. The summed E-state index contributed by atoms with van der Waals surface area (Å²) in [7, 11) is 0. The number of benzene rings is 1. The maximum absolute atomic E-state index is 11.4. The van der Waals surface area contributed by atoms with Gasteiger partial charge in [-0.15, -0.1) is 0 Å². The van der Waals surface area contributed by atoms with Gasteiger partial charge in [0.15, 0.2) is 0 Å². The van der Waals surface area contributed by atoms with Gasteiger partial charge in [0.05, 0.1) is 5.69 Å². The molecule has 0 bridgehead atoms. The highest BCUT2D eigenvalue weighted by molar-refractivity contribution is 5.76. The SMILES string of the molecule is CC(=O)n1[nH]c(-c2ccccc2)cc1=O. The Hall–Kier alpha value is -2.10. The fourth-order valence-corrected chi connectivity index (χ4v) is 1.40. The minimum Gasteiger partial charge on any atom is -0.288 e. The molecule has 4 heteroatoms. The summed E-state index contributed by atoms with van der Waals surface area (Å²) >= 11 is 0. The Morgan fingerprint density at radius 1 is 1.27 bits per heavy atom. The van der Waals surface area contributed by atoms with Crippen molar-refractivity contribution in [2.45, 2.75) is 6.92 Å². The molecule has 0 saturated heterocycles. The van der Waals surface area contributed by atoms with E-state index in [0.717, 1.165) is 10.2 Å². The molecule has 0 unspecified atom stereocenters. The minimum atomic E-state index is -0.332. The highest BCUT2D eigenvalue weighted by atomic mass is 16.2. The van der Waals surface area contributed by atoms with Crippen LogP contribution in [0.25, 0.3) is 11.3 Å². The molecule has 4 nitrogen and oxygen atoms in total. The van der Waals surface area contributed by atoms with Crippen molar-refractivity contribution in [1.29, 1.82) is 0 Å². The molecule has 1 heterocycles. The third-order valence-corrected chi connectivity index (χ3v) is 2.12. The maximum Gasteiger partial charge on any atom is 0.274 e. The first-order chi connectivity index (χ1) is 7.18. The molecule has 0 fully saturated rings. The molecule has 76 valence electrons. The standard InChI is InChI=1S/C11H10N2O2/c1-8(14)13-11(15)7-10(12-13)9-5-3-2-4-6-9/h2-7,12H,1H3. The van der Waals surface area contributed by atoms with Crippen LogP contribution in [0.5, 0.6) is 0 Å². The largest absolute Gasteiger partial charge is 0.288 e. The topological polar surface area (TPSA) is 54.9 Å². The van der Waals surface area contributed by atoms with E-state index in [4.69, 9.17) is 0 Å². The second-order valence-electron chi connectivity index (χ2n) is 3.23. The molecule has 15 heavy (non-hydrogen) atoms. The first kappa shape index (κ1) is 9.45. The zero-order valence-electron chi connectivity index (χ0n) is 8.23. The number of nitrogens with zero attached hydrogens (tertiary/aromatic N) is 1. The van der Waals surface area contributed by atoms with Gasteiger partial charge in [-0.05, 0) is 5.56 Å². The van der Waals surface area contributed by atoms with Gasteiger partial charge in [-0.2, -0.15) is 4.68 Å². The monoisotopic (exact) mass is 202 g/mol. The van der Waals surface area contributed by atoms with Crippen LogP contribution in [0.3, 0.4) is 0 Å². The van der Waals surface area contributed by atoms with Crippen molar-refractivity contribution in [3.63, 3.8) is 0 Å². The van der Waals surface area contributed by atoms with Crippen molar-refractivity contribution in [2.24, 2.45) is 0 Å². The lowest BCUT2D eigenvalue weighted by Crippen LogP contribution is -2.21. The van der Waals surface area contributed by atoms with Crippen molar-refractivity contribution in [3.8, 4) is 11.3 Å². The number of aromatic amines is 1. The van der Waals surface area contributed by atoms with Crippen LogP contribution in [0.2, 0.25) is 0 Å². The van der Waals surface area contributed by atoms with Crippen LogP contribution in [-0.4, -0.2) is 15.7 Å². The van der Waals surface area contributed by atoms with Gasteiger partial charge in [-0.1, -0.05) is 30.3 Å². The van der Waals surface area contributed by atoms with E-state index in [-0.39, 0.29) is 11.5 Å². The number of hydrogen-bond acceptors (Lipinski definition) is 2. The first-order valence-corrected chi connectivity index (χ1v) is 4.57. The van der Waals surface area contributed by atoms with Gasteiger partial charge in [-0.3, -0.25) is 14.7 Å². The number of carbonyl (C=O) groups excluding carboxylic acids is 1. The lowest BCUT2D eigenvalue weighted by Gasteiger charge is -1.96. The van der Waals surface area contributed by atoms with Gasteiger partial charge >= 0.3 is 0 Å². The maximum atomic E-state index is 11.4. The van der Waals surface area contributed by atoms with Crippen LogP contribution in [0.15, 0.2) is 41.2 Å². The molecule has 0 radical (unpaired) electrons. The lowest BCUT2D eigenvalue weighted by molar-refractivity contribution is 0.0917. The Bertz CT molecular complexity index is 537. The molecule has 0 spiro atoms. The van der Waals surface area contributed by atoms with Crippen LogP contribution in [-0.2, 0) is 0 Å². The van der Waals surface area contributed by atoms with Gasteiger partial charge in [0.1, 0.15) is 0 Å². The number of H-pyrrole nitrogens is 1. The Balaban J connectivity index is 2.53. The summed E-state index contributed by atoms with van der Waals surface area (Å²) in [5.74, 6) is -0.317. The van der Waals surface area contributed by atoms with E-state index in [9.17, 15) is 9.59 Å². The first-order valence-electron chi connectivity index (χ1n) is 4.57. The van der Waals surface area contributed by atoms with Crippen molar-refractivity contribution in [1.82, 2.24) is 9.78 Å². The van der Waals surface area contributed by atoms with Crippen LogP contribution < -0.4 is 5.56 Å². The predicted octanol–water partition coefficient (Wildman–Crippen LogP) is 1.50. The molecular weight excluding hydrogens is 192 g/mol. The molecule has 2 aromatic rings. The summed E-state index contributed by atoms with van der Waals surface area (Å²) in [6, 6.07) is 10.8. The van der Waals surface area contributed by atoms with Crippen LogP contribution in [0.4, 0.5) is 0 Å². The smallest absolute Gasteiger partial charge is 0.274 e. The van der Waals surface area contributed by atoms with E-state index in [1.54, 1.807) is 0 Å². The van der Waals surface area contributed by atoms with Crippen LogP contribution >= 0.6 is 0 Å². The summed E-state index contributed by atoms with van der Waals surface area (Å²) in [6.45, 7) is 1.34. The Morgan fingerprint density at radius 3 is 2.47 bits per heavy atom. The van der Waals surface area contributed by atoms with Gasteiger partial charge in [0, 0.05) is 13.0 Å². The normalized spacial score (nSPS) is 10.2. The third kappa shape index (κ3) is 1.74. The molecule has 0 aliphatic rings. The number of rotatable bonds is 1. The van der Waals surface area contributed by atoms with Gasteiger partial charge in [0.2, 0.25) is 5.91 Å². The fourth-order valence-electron chi connectivity index (χ4n) is 1.40. The lowest BCUT2D eigenvalue weighted by atomic mass is 10.2. The van der Waals surface area contributed by atoms with Crippen LogP contribution in [0, 0.1) is 0 Å². The summed E-state index contributed by atoms with van der Waals surface area (Å²) in [6.07, 6.45) is 0. The molecule has 0 aliphatic heterocycles. The Kier molecular flexibility index (Phi) is 2.25. The highest BCUT2D eigenvalue weighted by Crippen LogP contribution is 2.13. The molecule has 0 amide bonds. The highest BCUT2D eigenvalue weighted by Gasteiger charge is 2.06.